The Morgan fingerprint density at radius 3 is 2.54 bits per heavy atom. The molecule has 1 aromatic carbocycles. The lowest BCUT2D eigenvalue weighted by atomic mass is 10.1. The maximum absolute atomic E-state index is 12.5. The highest BCUT2D eigenvalue weighted by Gasteiger charge is 2.14. The van der Waals surface area contributed by atoms with Gasteiger partial charge >= 0.3 is 5.63 Å². The van der Waals surface area contributed by atoms with Gasteiger partial charge in [-0.2, -0.15) is 0 Å². The molecule has 0 N–H and O–H groups in total. The normalized spacial score (nSPS) is 10.5. The number of amides is 1. The molecule has 0 fully saturated rings. The molecule has 0 saturated carbocycles. The fourth-order valence-corrected chi connectivity index (χ4v) is 2.49. The number of pyridine rings is 1. The molecule has 0 unspecified atom stereocenters. The van der Waals surface area contributed by atoms with Crippen molar-refractivity contribution in [1.82, 2.24) is 4.57 Å². The van der Waals surface area contributed by atoms with E-state index in [-0.39, 0.29) is 23.8 Å². The molecule has 0 spiro atoms. The number of carbonyl (C=O) groups is 2. The lowest BCUT2D eigenvalue weighted by Crippen LogP contribution is -2.19. The van der Waals surface area contributed by atoms with Gasteiger partial charge in [-0.25, -0.2) is 9.79 Å². The Morgan fingerprint density at radius 1 is 1.15 bits per heavy atom. The lowest BCUT2D eigenvalue weighted by Gasteiger charge is -2.06. The van der Waals surface area contributed by atoms with Crippen LogP contribution in [0.15, 0.2) is 63.0 Å². The number of ketones is 1. The van der Waals surface area contributed by atoms with Crippen LogP contribution in [-0.2, 0) is 11.3 Å². The van der Waals surface area contributed by atoms with Crippen LogP contribution < -0.4 is 15.7 Å². The van der Waals surface area contributed by atoms with Gasteiger partial charge in [-0.15, -0.1) is 0 Å². The molecule has 2 aromatic heterocycles. The molecule has 2 heterocycles. The summed E-state index contributed by atoms with van der Waals surface area (Å²) in [7, 11) is 1.53. The fraction of sp³-hybridized carbons (Fsp3) is 0.158. The lowest BCUT2D eigenvalue weighted by molar-refractivity contribution is -0.116. The second-order valence-electron chi connectivity index (χ2n) is 5.63. The number of ether oxygens (including phenoxy) is 1. The first-order valence-electron chi connectivity index (χ1n) is 7.83. The van der Waals surface area contributed by atoms with Crippen molar-refractivity contribution < 1.29 is 18.7 Å². The van der Waals surface area contributed by atoms with Crippen LogP contribution in [0.1, 0.15) is 17.3 Å². The minimum atomic E-state index is -0.684. The minimum Gasteiger partial charge on any atom is -0.497 e. The predicted molar refractivity (Wildman–Crippen MR) is 94.0 cm³/mol. The Bertz CT molecular complexity index is 1100. The van der Waals surface area contributed by atoms with Gasteiger partial charge in [0.2, 0.25) is 5.91 Å². The standard InChI is InChI=1S/C19H16N2O5/c1-12(22)20-14-5-7-21(8-6-14)11-17(23)16-10-13-9-15(25-2)3-4-18(13)26-19(16)24/h3-10H,11H2,1-2H3. The van der Waals surface area contributed by atoms with Gasteiger partial charge in [0, 0.05) is 24.7 Å². The number of rotatable bonds is 4. The highest BCUT2D eigenvalue weighted by molar-refractivity contribution is 5.98. The summed E-state index contributed by atoms with van der Waals surface area (Å²) in [6.07, 6.45) is 3.23. The van der Waals surface area contributed by atoms with Crippen molar-refractivity contribution in [2.75, 3.05) is 7.11 Å². The molecule has 3 rings (SSSR count). The molecule has 0 atom stereocenters. The summed E-state index contributed by atoms with van der Waals surface area (Å²) >= 11 is 0. The first-order valence-corrected chi connectivity index (χ1v) is 7.83. The van der Waals surface area contributed by atoms with Crippen LogP contribution in [0.2, 0.25) is 0 Å². The van der Waals surface area contributed by atoms with E-state index in [0.29, 0.717) is 22.1 Å². The zero-order chi connectivity index (χ0) is 18.7. The molecule has 7 nitrogen and oxygen atoms in total. The predicted octanol–water partition coefficient (Wildman–Crippen LogP) is 1.93. The van der Waals surface area contributed by atoms with Crippen LogP contribution in [0.5, 0.6) is 5.75 Å². The maximum Gasteiger partial charge on any atom is 0.347 e. The first-order chi connectivity index (χ1) is 12.5. The second kappa shape index (κ2) is 7.18. The quantitative estimate of drug-likeness (QED) is 0.529. The van der Waals surface area contributed by atoms with Gasteiger partial charge in [0.15, 0.2) is 5.78 Å². The summed E-state index contributed by atoms with van der Waals surface area (Å²) in [5.74, 6) is -0.0864. The topological polar surface area (TPSA) is 90.9 Å². The van der Waals surface area contributed by atoms with Crippen molar-refractivity contribution in [2.45, 2.75) is 13.5 Å². The number of Topliss-reactive ketones (excluding diaryl/α,β-unsaturated/α-hetero) is 1. The zero-order valence-corrected chi connectivity index (χ0v) is 14.3. The third-order valence-corrected chi connectivity index (χ3v) is 3.73. The zero-order valence-electron chi connectivity index (χ0n) is 14.3. The highest BCUT2D eigenvalue weighted by atomic mass is 16.5. The summed E-state index contributed by atoms with van der Waals surface area (Å²) in [4.78, 5) is 39.4. The van der Waals surface area contributed by atoms with E-state index in [1.165, 1.54) is 20.1 Å². The molecular formula is C19H16N2O5. The number of aromatic nitrogens is 1. The molecular weight excluding hydrogens is 336 g/mol. The number of hydrogen-bond donors (Lipinski definition) is 0. The molecule has 0 aliphatic heterocycles. The van der Waals surface area contributed by atoms with E-state index in [1.807, 2.05) is 0 Å². The van der Waals surface area contributed by atoms with E-state index in [1.54, 1.807) is 47.3 Å². The minimum absolute atomic E-state index is 0.0317. The van der Waals surface area contributed by atoms with Gasteiger partial charge in [-0.05, 0) is 36.4 Å². The van der Waals surface area contributed by atoms with Gasteiger partial charge in [-0.1, -0.05) is 0 Å². The van der Waals surface area contributed by atoms with E-state index >= 15 is 0 Å². The Hall–Kier alpha value is -3.48. The molecule has 7 heteroatoms. The van der Waals surface area contributed by atoms with Crippen molar-refractivity contribution in [1.29, 1.82) is 0 Å². The third-order valence-electron chi connectivity index (χ3n) is 3.73. The Balaban J connectivity index is 1.90. The van der Waals surface area contributed by atoms with Crippen LogP contribution >= 0.6 is 0 Å². The number of benzene rings is 1. The molecule has 0 aliphatic carbocycles. The largest absolute Gasteiger partial charge is 0.497 e. The van der Waals surface area contributed by atoms with Gasteiger partial charge in [0.05, 0.1) is 19.0 Å². The summed E-state index contributed by atoms with van der Waals surface area (Å²) in [6.45, 7) is 1.32. The van der Waals surface area contributed by atoms with Gasteiger partial charge in [0.25, 0.3) is 0 Å². The van der Waals surface area contributed by atoms with Gasteiger partial charge in [0.1, 0.15) is 16.9 Å². The monoisotopic (exact) mass is 352 g/mol. The summed E-state index contributed by atoms with van der Waals surface area (Å²) in [5.41, 5.74) is -0.331. The Morgan fingerprint density at radius 2 is 1.88 bits per heavy atom. The average Bonchev–Trinajstić information content (AvgIpc) is 2.62. The molecule has 132 valence electrons. The van der Waals surface area contributed by atoms with E-state index in [9.17, 15) is 14.4 Å². The van der Waals surface area contributed by atoms with Crippen LogP contribution in [0, 0.1) is 0 Å². The van der Waals surface area contributed by atoms with Crippen molar-refractivity contribution in [3.63, 3.8) is 0 Å². The molecule has 0 saturated heterocycles. The van der Waals surface area contributed by atoms with Gasteiger partial charge < -0.3 is 13.7 Å². The van der Waals surface area contributed by atoms with Crippen molar-refractivity contribution in [3.05, 3.63) is 70.1 Å². The fourth-order valence-electron chi connectivity index (χ4n) is 2.49. The van der Waals surface area contributed by atoms with Gasteiger partial charge in [-0.3, -0.25) is 9.59 Å². The number of carbonyl (C=O) groups excluding carboxylic acids is 2. The van der Waals surface area contributed by atoms with Crippen molar-refractivity contribution >= 4 is 22.7 Å². The summed E-state index contributed by atoms with van der Waals surface area (Å²) < 4.78 is 12.0. The Labute approximate surface area is 148 Å². The molecule has 3 aromatic rings. The highest BCUT2D eigenvalue weighted by Crippen LogP contribution is 2.20. The van der Waals surface area contributed by atoms with E-state index in [0.717, 1.165) is 0 Å². The van der Waals surface area contributed by atoms with Crippen molar-refractivity contribution in [3.8, 4) is 5.75 Å². The summed E-state index contributed by atoms with van der Waals surface area (Å²) in [5, 5.41) is 1.10. The van der Waals surface area contributed by atoms with Crippen molar-refractivity contribution in [2.24, 2.45) is 4.99 Å². The second-order valence-corrected chi connectivity index (χ2v) is 5.63. The number of methoxy groups -OCH3 is 1. The molecule has 0 radical (unpaired) electrons. The summed E-state index contributed by atoms with van der Waals surface area (Å²) in [6, 6.07) is 9.73. The molecule has 26 heavy (non-hydrogen) atoms. The number of fused-ring (bicyclic) bond motifs is 1. The van der Waals surface area contributed by atoms with Crippen LogP contribution in [0.3, 0.4) is 0 Å². The first kappa shape index (κ1) is 17.3. The number of hydrogen-bond acceptors (Lipinski definition) is 5. The number of nitrogens with zero attached hydrogens (tertiary/aromatic N) is 2. The van der Waals surface area contributed by atoms with Crippen LogP contribution in [0.4, 0.5) is 0 Å². The SMILES string of the molecule is COc1ccc2oc(=O)c(C(=O)Cn3ccc(=NC(C)=O)cc3)cc2c1. The Kier molecular flexibility index (Phi) is 4.79. The molecule has 0 aliphatic rings. The smallest absolute Gasteiger partial charge is 0.347 e. The van der Waals surface area contributed by atoms with Crippen LogP contribution in [-0.4, -0.2) is 23.4 Å². The van der Waals surface area contributed by atoms with E-state index < -0.39 is 5.63 Å². The average molecular weight is 352 g/mol. The molecule has 1 amide bonds. The maximum atomic E-state index is 12.5. The van der Waals surface area contributed by atoms with E-state index in [2.05, 4.69) is 4.99 Å². The van der Waals surface area contributed by atoms with E-state index in [4.69, 9.17) is 9.15 Å². The molecule has 0 bridgehead atoms. The van der Waals surface area contributed by atoms with Crippen LogP contribution in [0.25, 0.3) is 11.0 Å². The third kappa shape index (κ3) is 3.77.